The lowest BCUT2D eigenvalue weighted by molar-refractivity contribution is 0.0580. The van der Waals surface area contributed by atoms with Gasteiger partial charge in [-0.1, -0.05) is 20.8 Å². The molecule has 124 valence electrons. The predicted molar refractivity (Wildman–Crippen MR) is 92.7 cm³/mol. The van der Waals surface area contributed by atoms with Gasteiger partial charge in [-0.05, 0) is 89.7 Å². The van der Waals surface area contributed by atoms with E-state index < -0.39 is 37.1 Å². The average molecular weight is 303 g/mol. The van der Waals surface area contributed by atoms with Crippen LogP contribution >= 0.6 is 0 Å². The van der Waals surface area contributed by atoms with Gasteiger partial charge in [0.25, 0.3) is 0 Å². The molecule has 0 amide bonds. The normalized spacial score (nSPS) is 40.7. The summed E-state index contributed by atoms with van der Waals surface area (Å²) in [4.78, 5) is 3.19. The van der Waals surface area contributed by atoms with Gasteiger partial charge >= 0.3 is 0 Å². The highest BCUT2D eigenvalue weighted by atomic mass is 15.2. The number of likely N-dealkylation sites (tertiary alicyclic amines) is 2. The summed E-state index contributed by atoms with van der Waals surface area (Å²) in [5.41, 5.74) is -0.911. The Morgan fingerprint density at radius 1 is 0.952 bits per heavy atom. The third-order valence-corrected chi connectivity index (χ3v) is 4.56. The Bertz CT molecular complexity index is 570. The summed E-state index contributed by atoms with van der Waals surface area (Å²) in [5, 5.41) is 0. The molecule has 2 heteroatoms. The van der Waals surface area contributed by atoms with Gasteiger partial charge in [0.15, 0.2) is 0 Å². The molecule has 21 heavy (non-hydrogen) atoms. The Balaban J connectivity index is 2.36. The van der Waals surface area contributed by atoms with Crippen LogP contribution in [-0.2, 0) is 0 Å². The lowest BCUT2D eigenvalue weighted by Gasteiger charge is -2.43. The Hall–Kier alpha value is -0.0800. The quantitative estimate of drug-likeness (QED) is 0.752. The van der Waals surface area contributed by atoms with Crippen LogP contribution in [0.15, 0.2) is 0 Å². The zero-order valence-corrected chi connectivity index (χ0v) is 14.6. The third-order valence-electron chi connectivity index (χ3n) is 4.56. The first-order chi connectivity index (χ1) is 12.7. The predicted octanol–water partition coefficient (Wildman–Crippen LogP) is 4.26. The minimum Gasteiger partial charge on any atom is -0.303 e. The van der Waals surface area contributed by atoms with E-state index in [4.69, 9.17) is 11.0 Å². The number of piperidine rings is 2. The zero-order chi connectivity index (χ0) is 22.8. The zero-order valence-electron chi connectivity index (χ0n) is 22.6. The second-order valence-electron chi connectivity index (χ2n) is 8.52. The molecule has 0 aromatic rings. The van der Waals surface area contributed by atoms with Gasteiger partial charge in [-0.3, -0.25) is 4.90 Å². The highest BCUT2D eigenvalue weighted by Gasteiger charge is 2.31. The Labute approximate surface area is 144 Å². The second kappa shape index (κ2) is 6.58. The number of hydrogen-bond acceptors (Lipinski definition) is 2. The molecule has 0 aromatic carbocycles. The van der Waals surface area contributed by atoms with Gasteiger partial charge in [0.2, 0.25) is 0 Å². The van der Waals surface area contributed by atoms with Crippen LogP contribution in [0.2, 0.25) is 0 Å². The van der Waals surface area contributed by atoms with E-state index in [9.17, 15) is 0 Å². The molecule has 0 aromatic heterocycles. The minimum atomic E-state index is -2.62. The molecule has 0 spiro atoms. The maximum absolute atomic E-state index is 8.59. The van der Waals surface area contributed by atoms with Crippen molar-refractivity contribution < 1.29 is 11.0 Å². The lowest BCUT2D eigenvalue weighted by Crippen LogP contribution is -2.48. The van der Waals surface area contributed by atoms with E-state index >= 15 is 0 Å². The van der Waals surface area contributed by atoms with Crippen LogP contribution in [0.25, 0.3) is 0 Å². The fraction of sp³-hybridized carbons (Fsp3) is 1.00. The summed E-state index contributed by atoms with van der Waals surface area (Å²) in [6.07, 6.45) is -3.58. The Morgan fingerprint density at radius 2 is 1.48 bits per heavy atom. The maximum atomic E-state index is 8.59. The van der Waals surface area contributed by atoms with E-state index in [1.807, 2.05) is 0 Å². The summed E-state index contributed by atoms with van der Waals surface area (Å²) in [7, 11) is 0. The molecule has 0 radical (unpaired) electrons. The van der Waals surface area contributed by atoms with Gasteiger partial charge in [0.05, 0.1) is 0 Å². The monoisotopic (exact) mass is 302 g/mol. The van der Waals surface area contributed by atoms with Crippen molar-refractivity contribution in [2.45, 2.75) is 72.7 Å². The van der Waals surface area contributed by atoms with E-state index in [1.165, 1.54) is 0 Å². The van der Waals surface area contributed by atoms with E-state index in [2.05, 4.69) is 25.7 Å². The number of nitrogens with zero attached hydrogens (tertiary/aromatic N) is 2. The maximum Gasteiger partial charge on any atom is 0.0431 e. The average Bonchev–Trinajstić information content (AvgIpc) is 2.48. The van der Waals surface area contributed by atoms with Crippen molar-refractivity contribution in [2.24, 2.45) is 17.3 Å². The first-order valence-corrected chi connectivity index (χ1v) is 8.21. The fourth-order valence-corrected chi connectivity index (χ4v) is 2.92. The van der Waals surface area contributed by atoms with Crippen molar-refractivity contribution in [2.75, 3.05) is 32.6 Å². The summed E-state index contributed by atoms with van der Waals surface area (Å²) in [6, 6.07) is 0. The molecular weight excluding hydrogens is 256 g/mol. The third kappa shape index (κ3) is 4.96. The largest absolute Gasteiger partial charge is 0.303 e. The molecule has 2 rings (SSSR count). The Morgan fingerprint density at radius 3 is 1.90 bits per heavy atom. The smallest absolute Gasteiger partial charge is 0.0431 e. The van der Waals surface area contributed by atoms with Gasteiger partial charge in [-0.15, -0.1) is 0 Å². The van der Waals surface area contributed by atoms with Crippen molar-refractivity contribution in [1.29, 1.82) is 0 Å². The molecule has 0 aliphatic carbocycles. The lowest BCUT2D eigenvalue weighted by atomic mass is 9.75. The van der Waals surface area contributed by atoms with Gasteiger partial charge in [0.1, 0.15) is 0 Å². The van der Waals surface area contributed by atoms with Crippen molar-refractivity contribution in [3.63, 3.8) is 0 Å². The van der Waals surface area contributed by atoms with Gasteiger partial charge in [-0.25, -0.2) is 0 Å². The Kier molecular flexibility index (Phi) is 2.91. The molecule has 0 N–H and O–H groups in total. The summed E-state index contributed by atoms with van der Waals surface area (Å²) in [6.45, 7) is 7.78. The van der Waals surface area contributed by atoms with E-state index in [1.54, 1.807) is 20.8 Å². The molecule has 2 aliphatic heterocycles. The van der Waals surface area contributed by atoms with Crippen LogP contribution in [0.1, 0.15) is 78.1 Å². The first kappa shape index (κ1) is 9.27. The highest BCUT2D eigenvalue weighted by molar-refractivity contribution is 4.85. The van der Waals surface area contributed by atoms with Crippen LogP contribution in [0, 0.1) is 17.3 Å². The van der Waals surface area contributed by atoms with Crippen molar-refractivity contribution in [3.05, 3.63) is 0 Å². The van der Waals surface area contributed by atoms with Crippen LogP contribution in [0.4, 0.5) is 0 Å². The van der Waals surface area contributed by atoms with Crippen molar-refractivity contribution in [1.82, 2.24) is 9.80 Å². The number of hydrogen-bond donors (Lipinski definition) is 0. The molecule has 2 aliphatic rings. The van der Waals surface area contributed by atoms with E-state index in [0.29, 0.717) is 0 Å². The van der Waals surface area contributed by atoms with E-state index in [0.717, 1.165) is 30.8 Å². The first-order valence-electron chi connectivity index (χ1n) is 12.2. The highest BCUT2D eigenvalue weighted by Crippen LogP contribution is 2.35. The van der Waals surface area contributed by atoms with Crippen LogP contribution in [0.3, 0.4) is 0 Å². The molecule has 0 bridgehead atoms. The molecule has 2 heterocycles. The molecule has 2 saturated heterocycles. The topological polar surface area (TPSA) is 6.48 Å². The molecule has 2 fully saturated rings. The van der Waals surface area contributed by atoms with Crippen molar-refractivity contribution >= 4 is 0 Å². The minimum absolute atomic E-state index is 0.00321. The summed E-state index contributed by atoms with van der Waals surface area (Å²) < 4.78 is 68.6. The standard InChI is InChI=1S/C19H38N2/c1-18(2,3)17-9-11-20(12-10-17)15-16-7-13-21(14-8-16)19(4,5)6/h16-17H,7-15H2,1-6H3/i9D2,10D2,11D2,12D2. The fourth-order valence-electron chi connectivity index (χ4n) is 2.92. The van der Waals surface area contributed by atoms with Crippen LogP contribution in [0.5, 0.6) is 0 Å². The summed E-state index contributed by atoms with van der Waals surface area (Å²) >= 11 is 0. The van der Waals surface area contributed by atoms with Crippen molar-refractivity contribution in [3.8, 4) is 0 Å². The summed E-state index contributed by atoms with van der Waals surface area (Å²) in [5.74, 6) is -1.44. The SMILES string of the molecule is [2H]C1([2H])C(C(C)(C)C)C([2H])([2H])C([2H])([2H])N(CC2CCN(C(C)(C)C)CC2)C1([2H])[2H]. The van der Waals surface area contributed by atoms with E-state index in [-0.39, 0.29) is 18.0 Å². The molecule has 0 atom stereocenters. The van der Waals surface area contributed by atoms with Crippen LogP contribution in [-0.4, -0.2) is 48.0 Å². The molecule has 2 nitrogen and oxygen atoms in total. The van der Waals surface area contributed by atoms with Gasteiger partial charge in [-0.2, -0.15) is 0 Å². The van der Waals surface area contributed by atoms with Gasteiger partial charge < -0.3 is 4.90 Å². The van der Waals surface area contributed by atoms with Crippen LogP contribution < -0.4 is 0 Å². The molecule has 0 saturated carbocycles. The molecular formula is C19H38N2. The second-order valence-corrected chi connectivity index (χ2v) is 8.52. The molecule has 0 unspecified atom stereocenters. The van der Waals surface area contributed by atoms with Gasteiger partial charge in [0, 0.05) is 23.0 Å². The number of rotatable bonds is 2.